The van der Waals surface area contributed by atoms with Crippen molar-refractivity contribution in [2.75, 3.05) is 39.8 Å². The number of halogens is 3. The van der Waals surface area contributed by atoms with Gasteiger partial charge in [-0.05, 0) is 24.7 Å². The van der Waals surface area contributed by atoms with Crippen molar-refractivity contribution in [2.24, 2.45) is 5.73 Å². The Hall–Kier alpha value is -1.45. The van der Waals surface area contributed by atoms with E-state index < -0.39 is 0 Å². The second-order valence-corrected chi connectivity index (χ2v) is 7.13. The van der Waals surface area contributed by atoms with Crippen LogP contribution in [0, 0.1) is 5.82 Å². The summed E-state index contributed by atoms with van der Waals surface area (Å²) in [6.45, 7) is 3.83. The number of nitrogens with two attached hydrogens (primary N) is 1. The zero-order valence-electron chi connectivity index (χ0n) is 15.6. The molecule has 10 heteroatoms. The van der Waals surface area contributed by atoms with Crippen LogP contribution in [0.4, 0.5) is 4.39 Å². The molecular weight excluding hydrogens is 426 g/mol. The van der Waals surface area contributed by atoms with Crippen LogP contribution in [0.3, 0.4) is 0 Å². The van der Waals surface area contributed by atoms with Crippen molar-refractivity contribution in [2.45, 2.75) is 13.0 Å². The minimum atomic E-state index is -0.272. The van der Waals surface area contributed by atoms with Crippen molar-refractivity contribution in [1.29, 1.82) is 0 Å². The van der Waals surface area contributed by atoms with E-state index >= 15 is 0 Å². The normalized spacial score (nSPS) is 14.2. The molecule has 3 rings (SSSR count). The monoisotopic (exact) mass is 450 g/mol. The lowest BCUT2D eigenvalue weighted by Crippen LogP contribution is -2.48. The fraction of sp³-hybridized carbons (Fsp3) is 0.444. The van der Waals surface area contributed by atoms with Gasteiger partial charge in [-0.15, -0.1) is 36.2 Å². The maximum atomic E-state index is 13.5. The lowest BCUT2D eigenvalue weighted by molar-refractivity contribution is 0.0622. The molecule has 2 N–H and O–H groups in total. The van der Waals surface area contributed by atoms with Gasteiger partial charge in [-0.2, -0.15) is 0 Å². The standard InChI is InChI=1S/C18H23FN4O2S.2ClH/c1-25-16-3-2-14(19)10-13(16)11-22-6-8-23(9-7-22)18(24)15-12-26-17(21-15)4-5-20;;/h2-3,10,12H,4-9,11,20H2,1H3;2*1H. The summed E-state index contributed by atoms with van der Waals surface area (Å²) in [6.07, 6.45) is 0.696. The molecule has 0 radical (unpaired) electrons. The molecule has 2 heterocycles. The summed E-state index contributed by atoms with van der Waals surface area (Å²) in [5.74, 6) is 0.374. The summed E-state index contributed by atoms with van der Waals surface area (Å²) < 4.78 is 18.8. The van der Waals surface area contributed by atoms with E-state index in [2.05, 4.69) is 9.88 Å². The first-order valence-electron chi connectivity index (χ1n) is 8.59. The van der Waals surface area contributed by atoms with Crippen LogP contribution in [0.5, 0.6) is 5.75 Å². The highest BCUT2D eigenvalue weighted by Crippen LogP contribution is 2.22. The number of benzene rings is 1. The Bertz CT molecular complexity index is 770. The zero-order valence-corrected chi connectivity index (χ0v) is 18.0. The molecule has 2 aromatic rings. The van der Waals surface area contributed by atoms with Gasteiger partial charge in [0.05, 0.1) is 12.1 Å². The van der Waals surface area contributed by atoms with Gasteiger partial charge < -0.3 is 15.4 Å². The second kappa shape index (κ2) is 11.5. The van der Waals surface area contributed by atoms with Gasteiger partial charge in [-0.25, -0.2) is 9.37 Å². The average molecular weight is 451 g/mol. The van der Waals surface area contributed by atoms with Crippen molar-refractivity contribution in [1.82, 2.24) is 14.8 Å². The maximum absolute atomic E-state index is 13.5. The summed E-state index contributed by atoms with van der Waals surface area (Å²) in [5.41, 5.74) is 6.85. The van der Waals surface area contributed by atoms with Crippen LogP contribution in [0.2, 0.25) is 0 Å². The summed E-state index contributed by atoms with van der Waals surface area (Å²) in [7, 11) is 1.58. The number of methoxy groups -OCH3 is 1. The number of carbonyl (C=O) groups excluding carboxylic acids is 1. The zero-order chi connectivity index (χ0) is 18.5. The summed E-state index contributed by atoms with van der Waals surface area (Å²) >= 11 is 1.48. The van der Waals surface area contributed by atoms with E-state index in [-0.39, 0.29) is 36.5 Å². The number of piperazine rings is 1. The van der Waals surface area contributed by atoms with E-state index in [9.17, 15) is 9.18 Å². The molecule has 1 fully saturated rings. The summed E-state index contributed by atoms with van der Waals surface area (Å²) in [4.78, 5) is 21.0. The number of rotatable bonds is 6. The number of thiazole rings is 1. The summed E-state index contributed by atoms with van der Waals surface area (Å²) in [6, 6.07) is 4.54. The molecule has 1 saturated heterocycles. The minimum Gasteiger partial charge on any atom is -0.496 e. The molecule has 0 atom stereocenters. The topological polar surface area (TPSA) is 71.7 Å². The van der Waals surface area contributed by atoms with Crippen molar-refractivity contribution in [3.63, 3.8) is 0 Å². The molecule has 1 amide bonds. The summed E-state index contributed by atoms with van der Waals surface area (Å²) in [5, 5.41) is 2.70. The van der Waals surface area contributed by atoms with Crippen LogP contribution in [0.25, 0.3) is 0 Å². The van der Waals surface area contributed by atoms with E-state index in [1.807, 2.05) is 4.90 Å². The van der Waals surface area contributed by atoms with Gasteiger partial charge in [0.1, 0.15) is 17.3 Å². The smallest absolute Gasteiger partial charge is 0.273 e. The van der Waals surface area contributed by atoms with Crippen LogP contribution >= 0.6 is 36.2 Å². The Kier molecular flexibility index (Phi) is 10.1. The third kappa shape index (κ3) is 6.02. The van der Waals surface area contributed by atoms with Gasteiger partial charge in [0.25, 0.3) is 5.91 Å². The van der Waals surface area contributed by atoms with E-state index in [1.54, 1.807) is 18.6 Å². The molecule has 0 bridgehead atoms. The highest BCUT2D eigenvalue weighted by Gasteiger charge is 2.24. The predicted molar refractivity (Wildman–Crippen MR) is 114 cm³/mol. The molecule has 1 aromatic heterocycles. The number of nitrogens with zero attached hydrogens (tertiary/aromatic N) is 3. The Morgan fingerprint density at radius 2 is 2.00 bits per heavy atom. The molecule has 28 heavy (non-hydrogen) atoms. The van der Waals surface area contributed by atoms with Crippen LogP contribution in [0.15, 0.2) is 23.6 Å². The minimum absolute atomic E-state index is 0. The largest absolute Gasteiger partial charge is 0.496 e. The third-order valence-electron chi connectivity index (χ3n) is 4.42. The maximum Gasteiger partial charge on any atom is 0.273 e. The third-order valence-corrected chi connectivity index (χ3v) is 5.33. The van der Waals surface area contributed by atoms with E-state index in [0.717, 1.165) is 23.7 Å². The predicted octanol–water partition coefficient (Wildman–Crippen LogP) is 2.59. The lowest BCUT2D eigenvalue weighted by Gasteiger charge is -2.34. The van der Waals surface area contributed by atoms with Crippen molar-refractivity contribution >= 4 is 42.1 Å². The Labute approximate surface area is 180 Å². The molecule has 1 aliphatic rings. The number of hydrogen-bond acceptors (Lipinski definition) is 6. The first kappa shape index (κ1) is 24.6. The Morgan fingerprint density at radius 1 is 1.29 bits per heavy atom. The van der Waals surface area contributed by atoms with E-state index in [1.165, 1.54) is 23.5 Å². The number of aromatic nitrogens is 1. The number of ether oxygens (including phenoxy) is 1. The van der Waals surface area contributed by atoms with Crippen LogP contribution in [-0.2, 0) is 13.0 Å². The van der Waals surface area contributed by atoms with Gasteiger partial charge in [0.2, 0.25) is 0 Å². The SMILES string of the molecule is COc1ccc(F)cc1CN1CCN(C(=O)c2csc(CCN)n2)CC1.Cl.Cl. The molecule has 1 aliphatic heterocycles. The molecule has 6 nitrogen and oxygen atoms in total. The van der Waals surface area contributed by atoms with Crippen molar-refractivity contribution < 1.29 is 13.9 Å². The molecule has 0 spiro atoms. The molecule has 0 saturated carbocycles. The van der Waals surface area contributed by atoms with Crippen LogP contribution in [0.1, 0.15) is 21.1 Å². The number of amides is 1. The highest BCUT2D eigenvalue weighted by molar-refractivity contribution is 7.09. The fourth-order valence-corrected chi connectivity index (χ4v) is 3.82. The number of carbonyl (C=O) groups is 1. The van der Waals surface area contributed by atoms with Gasteiger partial charge >= 0.3 is 0 Å². The Morgan fingerprint density at radius 3 is 2.64 bits per heavy atom. The van der Waals surface area contributed by atoms with Gasteiger partial charge in [-0.1, -0.05) is 0 Å². The van der Waals surface area contributed by atoms with Gasteiger partial charge in [0.15, 0.2) is 0 Å². The van der Waals surface area contributed by atoms with E-state index in [0.29, 0.717) is 44.0 Å². The Balaban J connectivity index is 0.00000196. The van der Waals surface area contributed by atoms with Crippen molar-refractivity contribution in [3.05, 3.63) is 45.7 Å². The fourth-order valence-electron chi connectivity index (χ4n) is 3.03. The van der Waals surface area contributed by atoms with E-state index in [4.69, 9.17) is 10.5 Å². The molecule has 0 unspecified atom stereocenters. The average Bonchev–Trinajstić information content (AvgIpc) is 3.11. The van der Waals surface area contributed by atoms with Crippen molar-refractivity contribution in [3.8, 4) is 5.75 Å². The molecular formula is C18H25Cl2FN4O2S. The van der Waals surface area contributed by atoms with Gasteiger partial charge in [-0.3, -0.25) is 9.69 Å². The van der Waals surface area contributed by atoms with Gasteiger partial charge in [0, 0.05) is 50.1 Å². The molecule has 1 aromatic carbocycles. The second-order valence-electron chi connectivity index (χ2n) is 6.19. The number of hydrogen-bond donors (Lipinski definition) is 1. The quantitative estimate of drug-likeness (QED) is 0.731. The first-order valence-corrected chi connectivity index (χ1v) is 9.47. The lowest BCUT2D eigenvalue weighted by atomic mass is 10.1. The molecule has 0 aliphatic carbocycles. The first-order chi connectivity index (χ1) is 12.6. The van der Waals surface area contributed by atoms with Crippen LogP contribution in [-0.4, -0.2) is 60.5 Å². The highest BCUT2D eigenvalue weighted by atomic mass is 35.5. The van der Waals surface area contributed by atoms with Crippen LogP contribution < -0.4 is 10.5 Å². The molecule has 156 valence electrons.